The Morgan fingerprint density at radius 1 is 1.07 bits per heavy atom. The molecule has 0 aliphatic heterocycles. The van der Waals surface area contributed by atoms with Gasteiger partial charge in [-0.2, -0.15) is 0 Å². The van der Waals surface area contributed by atoms with E-state index in [-0.39, 0.29) is 35.3 Å². The Hall–Kier alpha value is -0.570. The first-order chi connectivity index (χ1) is 12.7. The molecule has 0 aromatic rings. The van der Waals surface area contributed by atoms with Gasteiger partial charge >= 0.3 is 0 Å². The third kappa shape index (κ3) is 8.43. The molecule has 0 radical (unpaired) electrons. The van der Waals surface area contributed by atoms with Crippen LogP contribution in [0.3, 0.4) is 0 Å². The van der Waals surface area contributed by atoms with Gasteiger partial charge in [0.15, 0.2) is 5.96 Å². The van der Waals surface area contributed by atoms with Crippen LogP contribution in [0.15, 0.2) is 4.99 Å². The maximum Gasteiger partial charge on any atom is 0.230 e. The first kappa shape index (κ1) is 27.4. The van der Waals surface area contributed by atoms with Crippen molar-refractivity contribution in [1.82, 2.24) is 20.4 Å². The van der Waals surface area contributed by atoms with E-state index in [4.69, 9.17) is 4.99 Å². The molecular weight excluding hydrogens is 465 g/mol. The zero-order valence-corrected chi connectivity index (χ0v) is 21.5. The van der Waals surface area contributed by atoms with Crippen molar-refractivity contribution in [3.8, 4) is 0 Å². The quantitative estimate of drug-likeness (QED) is 0.205. The lowest BCUT2D eigenvalue weighted by atomic mass is 9.85. The van der Waals surface area contributed by atoms with E-state index in [1.54, 1.807) is 4.90 Å². The average Bonchev–Trinajstić information content (AvgIpc) is 3.07. The molecule has 0 aromatic carbocycles. The summed E-state index contributed by atoms with van der Waals surface area (Å²) in [7, 11) is 3.70. The van der Waals surface area contributed by atoms with Gasteiger partial charge in [0.05, 0.1) is 12.0 Å². The summed E-state index contributed by atoms with van der Waals surface area (Å²) in [4.78, 5) is 21.7. The van der Waals surface area contributed by atoms with Crippen LogP contribution in [0.5, 0.6) is 0 Å². The molecule has 7 heteroatoms. The highest BCUT2D eigenvalue weighted by molar-refractivity contribution is 14.0. The second-order valence-electron chi connectivity index (χ2n) is 8.59. The van der Waals surface area contributed by atoms with Crippen molar-refractivity contribution in [3.05, 3.63) is 0 Å². The number of aliphatic imine (C=N–C) groups is 1. The van der Waals surface area contributed by atoms with E-state index >= 15 is 0 Å². The SMILES string of the molecule is CCNC(=NCC1(C(=O)N(C)C)CCCC1)NCCCN(C(C)C)C(C)C.I. The summed E-state index contributed by atoms with van der Waals surface area (Å²) in [5.74, 6) is 1.06. The first-order valence-corrected chi connectivity index (χ1v) is 10.7. The monoisotopic (exact) mass is 509 g/mol. The van der Waals surface area contributed by atoms with Gasteiger partial charge in [-0.15, -0.1) is 24.0 Å². The minimum Gasteiger partial charge on any atom is -0.357 e. The maximum absolute atomic E-state index is 12.7. The minimum absolute atomic E-state index is 0. The van der Waals surface area contributed by atoms with Crippen LogP contribution in [-0.2, 0) is 4.79 Å². The predicted molar refractivity (Wildman–Crippen MR) is 131 cm³/mol. The number of nitrogens with zero attached hydrogens (tertiary/aromatic N) is 3. The van der Waals surface area contributed by atoms with Crippen LogP contribution in [0.4, 0.5) is 0 Å². The van der Waals surface area contributed by atoms with E-state index in [9.17, 15) is 4.79 Å². The van der Waals surface area contributed by atoms with Gasteiger partial charge in [0.1, 0.15) is 0 Å². The summed E-state index contributed by atoms with van der Waals surface area (Å²) in [5.41, 5.74) is -0.308. The normalized spacial score (nSPS) is 16.4. The van der Waals surface area contributed by atoms with Crippen molar-refractivity contribution in [1.29, 1.82) is 0 Å². The topological polar surface area (TPSA) is 60.0 Å². The number of carbonyl (C=O) groups is 1. The highest BCUT2D eigenvalue weighted by Gasteiger charge is 2.42. The van der Waals surface area contributed by atoms with Crippen LogP contribution in [0, 0.1) is 5.41 Å². The first-order valence-electron chi connectivity index (χ1n) is 10.7. The molecule has 1 amide bonds. The summed E-state index contributed by atoms with van der Waals surface area (Å²) in [6, 6.07) is 1.12. The molecular formula is C21H44IN5O. The lowest BCUT2D eigenvalue weighted by molar-refractivity contribution is -0.138. The van der Waals surface area contributed by atoms with Gasteiger partial charge in [-0.1, -0.05) is 12.8 Å². The standard InChI is InChI=1S/C21H43N5O.HI/c1-8-22-20(23-14-11-15-26(17(2)3)18(4)5)24-16-21(12-9-10-13-21)19(27)25(6)7;/h17-18H,8-16H2,1-7H3,(H2,22,23,24);1H. The second-order valence-corrected chi connectivity index (χ2v) is 8.59. The van der Waals surface area contributed by atoms with Crippen molar-refractivity contribution < 1.29 is 4.79 Å². The number of hydrogen-bond donors (Lipinski definition) is 2. The molecule has 0 aromatic heterocycles. The van der Waals surface area contributed by atoms with E-state index in [0.717, 1.165) is 57.7 Å². The molecule has 0 bridgehead atoms. The molecule has 28 heavy (non-hydrogen) atoms. The highest BCUT2D eigenvalue weighted by atomic mass is 127. The summed E-state index contributed by atoms with van der Waals surface area (Å²) in [6.07, 6.45) is 5.22. The lowest BCUT2D eigenvalue weighted by Gasteiger charge is -2.30. The number of halogens is 1. The Kier molecular flexibility index (Phi) is 13.3. The molecule has 1 aliphatic rings. The maximum atomic E-state index is 12.7. The Bertz CT molecular complexity index is 465. The largest absolute Gasteiger partial charge is 0.357 e. The number of carbonyl (C=O) groups excluding carboxylic acids is 1. The highest BCUT2D eigenvalue weighted by Crippen LogP contribution is 2.39. The van der Waals surface area contributed by atoms with E-state index in [0.29, 0.717) is 18.6 Å². The smallest absolute Gasteiger partial charge is 0.230 e. The molecule has 0 saturated heterocycles. The van der Waals surface area contributed by atoms with Crippen molar-refractivity contribution in [3.63, 3.8) is 0 Å². The Balaban J connectivity index is 0.00000729. The van der Waals surface area contributed by atoms with Gasteiger partial charge in [-0.25, -0.2) is 0 Å². The minimum atomic E-state index is -0.308. The van der Waals surface area contributed by atoms with Gasteiger partial charge in [0.2, 0.25) is 5.91 Å². The number of hydrogen-bond acceptors (Lipinski definition) is 3. The van der Waals surface area contributed by atoms with Crippen LogP contribution in [-0.4, -0.2) is 74.0 Å². The van der Waals surface area contributed by atoms with Crippen LogP contribution in [0.2, 0.25) is 0 Å². The second kappa shape index (κ2) is 13.6. The van der Waals surface area contributed by atoms with Crippen LogP contribution >= 0.6 is 24.0 Å². The number of nitrogens with one attached hydrogen (secondary N) is 2. The van der Waals surface area contributed by atoms with Gasteiger partial charge in [-0.3, -0.25) is 14.7 Å². The summed E-state index contributed by atoms with van der Waals surface area (Å²) >= 11 is 0. The summed E-state index contributed by atoms with van der Waals surface area (Å²) < 4.78 is 0. The van der Waals surface area contributed by atoms with Crippen molar-refractivity contribution in [2.45, 2.75) is 78.8 Å². The van der Waals surface area contributed by atoms with Gasteiger partial charge in [-0.05, 0) is 53.9 Å². The third-order valence-electron chi connectivity index (χ3n) is 5.52. The lowest BCUT2D eigenvalue weighted by Crippen LogP contribution is -2.44. The van der Waals surface area contributed by atoms with Gasteiger partial charge < -0.3 is 15.5 Å². The van der Waals surface area contributed by atoms with Gasteiger partial charge in [0, 0.05) is 45.8 Å². The fourth-order valence-corrected chi connectivity index (χ4v) is 4.12. The van der Waals surface area contributed by atoms with E-state index in [1.807, 2.05) is 14.1 Å². The third-order valence-corrected chi connectivity index (χ3v) is 5.52. The Morgan fingerprint density at radius 2 is 1.64 bits per heavy atom. The molecule has 166 valence electrons. The van der Waals surface area contributed by atoms with E-state index < -0.39 is 0 Å². The molecule has 0 heterocycles. The van der Waals surface area contributed by atoms with Crippen molar-refractivity contribution >= 4 is 35.8 Å². The molecule has 0 spiro atoms. The van der Waals surface area contributed by atoms with Crippen LogP contribution < -0.4 is 10.6 Å². The van der Waals surface area contributed by atoms with Gasteiger partial charge in [0.25, 0.3) is 0 Å². The molecule has 1 fully saturated rings. The number of rotatable bonds is 10. The number of amides is 1. The van der Waals surface area contributed by atoms with Crippen LogP contribution in [0.25, 0.3) is 0 Å². The molecule has 1 aliphatic carbocycles. The zero-order valence-electron chi connectivity index (χ0n) is 19.2. The molecule has 1 saturated carbocycles. The number of guanidine groups is 1. The molecule has 1 rings (SSSR count). The predicted octanol–water partition coefficient (Wildman–Crippen LogP) is 3.32. The zero-order chi connectivity index (χ0) is 20.4. The molecule has 0 atom stereocenters. The summed E-state index contributed by atoms with van der Waals surface area (Å²) in [6.45, 7) is 14.4. The fourth-order valence-electron chi connectivity index (χ4n) is 4.12. The Morgan fingerprint density at radius 3 is 2.11 bits per heavy atom. The average molecular weight is 510 g/mol. The molecule has 2 N–H and O–H groups in total. The van der Waals surface area contributed by atoms with E-state index in [2.05, 4.69) is 50.2 Å². The summed E-state index contributed by atoms with van der Waals surface area (Å²) in [5, 5.41) is 6.78. The van der Waals surface area contributed by atoms with Crippen LogP contribution in [0.1, 0.15) is 66.7 Å². The molecule has 6 nitrogen and oxygen atoms in total. The Labute approximate surface area is 190 Å². The van der Waals surface area contributed by atoms with Crippen molar-refractivity contribution in [2.24, 2.45) is 10.4 Å². The van der Waals surface area contributed by atoms with E-state index in [1.165, 1.54) is 0 Å². The molecule has 0 unspecified atom stereocenters. The fraction of sp³-hybridized carbons (Fsp3) is 0.905. The van der Waals surface area contributed by atoms with Crippen molar-refractivity contribution in [2.75, 3.05) is 40.3 Å².